The Hall–Kier alpha value is -0.150. The van der Waals surface area contributed by atoms with Crippen LogP contribution in [0.4, 0.5) is 4.39 Å². The molecule has 1 rings (SSSR count). The molecular formula is C8H15FO2. The Morgan fingerprint density at radius 1 is 1.09 bits per heavy atom. The van der Waals surface area contributed by atoms with Crippen LogP contribution in [0.3, 0.4) is 0 Å². The number of rotatable bonds is 1. The van der Waals surface area contributed by atoms with Crippen LogP contribution in [0.15, 0.2) is 0 Å². The van der Waals surface area contributed by atoms with Crippen molar-refractivity contribution in [1.82, 2.24) is 0 Å². The Kier molecular flexibility index (Phi) is 2.84. The molecule has 2 unspecified atom stereocenters. The van der Waals surface area contributed by atoms with E-state index in [1.54, 1.807) is 0 Å². The van der Waals surface area contributed by atoms with Gasteiger partial charge in [0.05, 0.1) is 12.2 Å². The van der Waals surface area contributed by atoms with Crippen molar-refractivity contribution in [2.45, 2.75) is 39.3 Å². The Morgan fingerprint density at radius 3 is 1.91 bits per heavy atom. The van der Waals surface area contributed by atoms with Crippen molar-refractivity contribution in [3.05, 3.63) is 0 Å². The number of hydrogen-bond donors (Lipinski definition) is 0. The van der Waals surface area contributed by atoms with E-state index < -0.39 is 13.0 Å². The Labute approximate surface area is 66.7 Å². The van der Waals surface area contributed by atoms with Gasteiger partial charge in [-0.1, -0.05) is 6.92 Å². The van der Waals surface area contributed by atoms with Crippen molar-refractivity contribution in [2.24, 2.45) is 5.92 Å². The molecule has 0 aromatic rings. The van der Waals surface area contributed by atoms with E-state index >= 15 is 0 Å². The van der Waals surface area contributed by atoms with E-state index in [0.717, 1.165) is 0 Å². The highest BCUT2D eigenvalue weighted by Crippen LogP contribution is 2.23. The first-order valence-electron chi connectivity index (χ1n) is 4.02. The van der Waals surface area contributed by atoms with E-state index in [4.69, 9.17) is 9.47 Å². The fourth-order valence-corrected chi connectivity index (χ4v) is 1.21. The maximum Gasteiger partial charge on any atom is 0.186 e. The normalized spacial score (nSPS) is 45.8. The molecule has 0 amide bonds. The van der Waals surface area contributed by atoms with Crippen molar-refractivity contribution < 1.29 is 13.9 Å². The van der Waals surface area contributed by atoms with E-state index in [-0.39, 0.29) is 12.2 Å². The van der Waals surface area contributed by atoms with Crippen LogP contribution in [0, 0.1) is 5.92 Å². The van der Waals surface area contributed by atoms with Crippen LogP contribution >= 0.6 is 0 Å². The van der Waals surface area contributed by atoms with Gasteiger partial charge in [0.25, 0.3) is 0 Å². The third-order valence-electron chi connectivity index (χ3n) is 2.34. The van der Waals surface area contributed by atoms with E-state index in [2.05, 4.69) is 0 Å². The summed E-state index contributed by atoms with van der Waals surface area (Å²) in [7, 11) is 0. The summed E-state index contributed by atoms with van der Waals surface area (Å²) in [6.45, 7) is 5.39. The van der Waals surface area contributed by atoms with Gasteiger partial charge in [0.15, 0.2) is 6.29 Å². The summed E-state index contributed by atoms with van der Waals surface area (Å²) in [5, 5.41) is 0. The first kappa shape index (κ1) is 8.94. The summed E-state index contributed by atoms with van der Waals surface area (Å²) in [5.74, 6) is 0.345. The number of alkyl halides is 1. The molecule has 0 aromatic carbocycles. The lowest BCUT2D eigenvalue weighted by molar-refractivity contribution is -0.260. The van der Waals surface area contributed by atoms with Gasteiger partial charge in [0.1, 0.15) is 6.67 Å². The van der Waals surface area contributed by atoms with Gasteiger partial charge in [-0.25, -0.2) is 4.39 Å². The fourth-order valence-electron chi connectivity index (χ4n) is 1.21. The molecule has 11 heavy (non-hydrogen) atoms. The first-order chi connectivity index (χ1) is 5.15. The van der Waals surface area contributed by atoms with Gasteiger partial charge >= 0.3 is 0 Å². The molecule has 0 N–H and O–H groups in total. The third kappa shape index (κ3) is 1.91. The highest BCUT2D eigenvalue weighted by Gasteiger charge is 2.31. The molecule has 1 aliphatic rings. The summed E-state index contributed by atoms with van der Waals surface area (Å²) >= 11 is 0. The summed E-state index contributed by atoms with van der Waals surface area (Å²) < 4.78 is 22.5. The first-order valence-corrected chi connectivity index (χ1v) is 4.02. The van der Waals surface area contributed by atoms with E-state index in [1.165, 1.54) is 0 Å². The maximum absolute atomic E-state index is 12.1. The molecule has 0 bridgehead atoms. The zero-order valence-corrected chi connectivity index (χ0v) is 7.21. The monoisotopic (exact) mass is 162 g/mol. The number of halogens is 1. The molecule has 2 atom stereocenters. The molecule has 0 aliphatic carbocycles. The molecule has 3 heteroatoms. The fraction of sp³-hybridized carbons (Fsp3) is 1.00. The second kappa shape index (κ2) is 3.50. The molecule has 0 aromatic heterocycles. The van der Waals surface area contributed by atoms with Gasteiger partial charge in [0, 0.05) is 5.92 Å². The summed E-state index contributed by atoms with van der Waals surface area (Å²) in [6, 6.07) is 0. The minimum atomic E-state index is -0.642. The zero-order valence-electron chi connectivity index (χ0n) is 7.21. The van der Waals surface area contributed by atoms with Crippen LogP contribution in [0.2, 0.25) is 0 Å². The predicted octanol–water partition coefficient (Wildman–Crippen LogP) is 1.74. The largest absolute Gasteiger partial charge is 0.347 e. The highest BCUT2D eigenvalue weighted by molar-refractivity contribution is 4.73. The minimum Gasteiger partial charge on any atom is -0.347 e. The molecule has 1 aliphatic heterocycles. The Balaban J connectivity index is 2.47. The van der Waals surface area contributed by atoms with Crippen LogP contribution < -0.4 is 0 Å². The summed E-state index contributed by atoms with van der Waals surface area (Å²) in [4.78, 5) is 0. The van der Waals surface area contributed by atoms with Crippen molar-refractivity contribution in [3.63, 3.8) is 0 Å². The van der Waals surface area contributed by atoms with Crippen molar-refractivity contribution in [2.75, 3.05) is 6.67 Å². The quantitative estimate of drug-likeness (QED) is 0.584. The summed E-state index contributed by atoms with van der Waals surface area (Å²) in [6.07, 6.45) is -0.449. The van der Waals surface area contributed by atoms with Gasteiger partial charge in [-0.15, -0.1) is 0 Å². The van der Waals surface area contributed by atoms with Crippen LogP contribution in [0.25, 0.3) is 0 Å². The second-order valence-corrected chi connectivity index (χ2v) is 3.13. The van der Waals surface area contributed by atoms with Crippen LogP contribution in [0.5, 0.6) is 0 Å². The maximum atomic E-state index is 12.1. The molecule has 0 saturated carbocycles. The molecule has 2 nitrogen and oxygen atoms in total. The molecule has 66 valence electrons. The third-order valence-corrected chi connectivity index (χ3v) is 2.34. The van der Waals surface area contributed by atoms with Gasteiger partial charge < -0.3 is 9.47 Å². The van der Waals surface area contributed by atoms with Crippen LogP contribution in [0.1, 0.15) is 20.8 Å². The smallest absolute Gasteiger partial charge is 0.186 e. The van der Waals surface area contributed by atoms with E-state index in [0.29, 0.717) is 5.92 Å². The topological polar surface area (TPSA) is 18.5 Å². The van der Waals surface area contributed by atoms with Gasteiger partial charge in [0.2, 0.25) is 0 Å². The molecule has 1 saturated heterocycles. The lowest BCUT2D eigenvalue weighted by Gasteiger charge is -2.36. The number of ether oxygens (including phenoxy) is 2. The minimum absolute atomic E-state index is 0.0968. The van der Waals surface area contributed by atoms with Crippen LogP contribution in [-0.2, 0) is 9.47 Å². The van der Waals surface area contributed by atoms with Crippen molar-refractivity contribution in [3.8, 4) is 0 Å². The van der Waals surface area contributed by atoms with E-state index in [1.807, 2.05) is 20.8 Å². The second-order valence-electron chi connectivity index (χ2n) is 3.13. The number of hydrogen-bond acceptors (Lipinski definition) is 2. The van der Waals surface area contributed by atoms with Crippen molar-refractivity contribution in [1.29, 1.82) is 0 Å². The lowest BCUT2D eigenvalue weighted by atomic mass is 9.99. The summed E-state index contributed by atoms with van der Waals surface area (Å²) in [5.41, 5.74) is 0. The van der Waals surface area contributed by atoms with E-state index in [9.17, 15) is 4.39 Å². The van der Waals surface area contributed by atoms with Gasteiger partial charge in [-0.3, -0.25) is 0 Å². The molecule has 0 radical (unpaired) electrons. The average Bonchev–Trinajstić information content (AvgIpc) is 1.99. The molecule has 1 fully saturated rings. The van der Waals surface area contributed by atoms with Gasteiger partial charge in [-0.2, -0.15) is 0 Å². The SMILES string of the molecule is CC1OC(CF)OC(C)C1C. The highest BCUT2D eigenvalue weighted by atomic mass is 19.1. The lowest BCUT2D eigenvalue weighted by Crippen LogP contribution is -2.43. The van der Waals surface area contributed by atoms with Gasteiger partial charge in [-0.05, 0) is 13.8 Å². The average molecular weight is 162 g/mol. The predicted molar refractivity (Wildman–Crippen MR) is 40.0 cm³/mol. The molecular weight excluding hydrogens is 147 g/mol. The van der Waals surface area contributed by atoms with Crippen molar-refractivity contribution >= 4 is 0 Å². The Bertz CT molecular complexity index is 117. The molecule has 1 heterocycles. The molecule has 0 spiro atoms. The standard InChI is InChI=1S/C8H15FO2/c1-5-6(2)10-8(4-9)11-7(5)3/h5-8H,4H2,1-3H3. The van der Waals surface area contributed by atoms with Crippen LogP contribution in [-0.4, -0.2) is 25.2 Å². The Morgan fingerprint density at radius 2 is 1.55 bits per heavy atom. The zero-order chi connectivity index (χ0) is 8.43.